The summed E-state index contributed by atoms with van der Waals surface area (Å²) in [6.07, 6.45) is 1.80. The van der Waals surface area contributed by atoms with Crippen LogP contribution in [0.3, 0.4) is 0 Å². The topological polar surface area (TPSA) is 59.8 Å². The molecule has 0 aliphatic carbocycles. The van der Waals surface area contributed by atoms with Crippen LogP contribution in [-0.4, -0.2) is 25.9 Å². The first-order valence-electron chi connectivity index (χ1n) is 8.41. The molecule has 0 saturated heterocycles. The molecule has 1 amide bonds. The van der Waals surface area contributed by atoms with Crippen molar-refractivity contribution >= 4 is 39.3 Å². The second-order valence-corrected chi connectivity index (χ2v) is 8.05. The fourth-order valence-electron chi connectivity index (χ4n) is 2.46. The first-order valence-corrected chi connectivity index (χ1v) is 10.1. The van der Waals surface area contributed by atoms with Crippen molar-refractivity contribution in [3.63, 3.8) is 0 Å². The van der Waals surface area contributed by atoms with Crippen LogP contribution in [-0.2, 0) is 11.3 Å². The van der Waals surface area contributed by atoms with Crippen molar-refractivity contribution in [1.82, 2.24) is 14.8 Å². The molecule has 1 unspecified atom stereocenters. The number of halogens is 1. The maximum atomic E-state index is 12.5. The molecule has 1 heterocycles. The highest BCUT2D eigenvalue weighted by molar-refractivity contribution is 9.10. The van der Waals surface area contributed by atoms with Gasteiger partial charge in [-0.05, 0) is 31.2 Å². The summed E-state index contributed by atoms with van der Waals surface area (Å²) in [5.41, 5.74) is 1.74. The Balaban J connectivity index is 1.78. The molecule has 1 N–H and O–H groups in total. The van der Waals surface area contributed by atoms with E-state index in [9.17, 15) is 4.79 Å². The maximum absolute atomic E-state index is 12.5. The van der Waals surface area contributed by atoms with Gasteiger partial charge in [0.25, 0.3) is 0 Å². The summed E-state index contributed by atoms with van der Waals surface area (Å²) in [6.45, 7) is 6.24. The number of amides is 1. The number of aromatic nitrogens is 3. The van der Waals surface area contributed by atoms with Gasteiger partial charge in [0.05, 0.1) is 5.25 Å². The van der Waals surface area contributed by atoms with Crippen LogP contribution in [0.2, 0.25) is 0 Å². The van der Waals surface area contributed by atoms with Crippen molar-refractivity contribution in [2.24, 2.45) is 0 Å². The van der Waals surface area contributed by atoms with Gasteiger partial charge in [-0.3, -0.25) is 9.36 Å². The third kappa shape index (κ3) is 4.87. The Bertz CT molecular complexity index is 925. The summed E-state index contributed by atoms with van der Waals surface area (Å²) >= 11 is 4.82. The van der Waals surface area contributed by atoms with Crippen molar-refractivity contribution in [1.29, 1.82) is 0 Å². The van der Waals surface area contributed by atoms with Crippen LogP contribution in [0.25, 0.3) is 11.4 Å². The lowest BCUT2D eigenvalue weighted by Crippen LogP contribution is -2.22. The van der Waals surface area contributed by atoms with Crippen LogP contribution in [0.4, 0.5) is 5.69 Å². The Kier molecular flexibility index (Phi) is 6.47. The molecule has 0 radical (unpaired) electrons. The zero-order valence-corrected chi connectivity index (χ0v) is 17.2. The van der Waals surface area contributed by atoms with Crippen molar-refractivity contribution in [2.75, 3.05) is 5.32 Å². The van der Waals surface area contributed by atoms with E-state index in [4.69, 9.17) is 0 Å². The number of nitrogens with zero attached hydrogens (tertiary/aromatic N) is 3. The molecule has 0 spiro atoms. The SMILES string of the molecule is C=CCn1c(SC(C)C(=O)Nc2ccccc2)nnc1-c1ccc(Br)cc1. The summed E-state index contributed by atoms with van der Waals surface area (Å²) in [6, 6.07) is 17.3. The molecular formula is C20H19BrN4OS. The highest BCUT2D eigenvalue weighted by Gasteiger charge is 2.20. The van der Waals surface area contributed by atoms with Gasteiger partial charge in [-0.1, -0.05) is 64.1 Å². The minimum Gasteiger partial charge on any atom is -0.325 e. The summed E-state index contributed by atoms with van der Waals surface area (Å²) in [5, 5.41) is 11.9. The van der Waals surface area contributed by atoms with Gasteiger partial charge in [-0.2, -0.15) is 0 Å². The van der Waals surface area contributed by atoms with Crippen molar-refractivity contribution in [3.8, 4) is 11.4 Å². The molecule has 1 aromatic heterocycles. The fraction of sp³-hybridized carbons (Fsp3) is 0.150. The Morgan fingerprint density at radius 1 is 1.22 bits per heavy atom. The predicted molar refractivity (Wildman–Crippen MR) is 114 cm³/mol. The fourth-order valence-corrected chi connectivity index (χ4v) is 3.58. The highest BCUT2D eigenvalue weighted by atomic mass is 79.9. The Morgan fingerprint density at radius 2 is 1.93 bits per heavy atom. The lowest BCUT2D eigenvalue weighted by molar-refractivity contribution is -0.115. The molecule has 0 aliphatic heterocycles. The van der Waals surface area contributed by atoms with E-state index in [1.807, 2.05) is 66.1 Å². The molecule has 0 aliphatic rings. The van der Waals surface area contributed by atoms with Crippen molar-refractivity contribution < 1.29 is 4.79 Å². The van der Waals surface area contributed by atoms with Gasteiger partial charge in [0.15, 0.2) is 11.0 Å². The number of carbonyl (C=O) groups is 1. The van der Waals surface area contributed by atoms with Gasteiger partial charge in [-0.25, -0.2) is 0 Å². The van der Waals surface area contributed by atoms with Crippen molar-refractivity contribution in [2.45, 2.75) is 23.9 Å². The average molecular weight is 443 g/mol. The molecule has 27 heavy (non-hydrogen) atoms. The number of carbonyl (C=O) groups excluding carboxylic acids is 1. The smallest absolute Gasteiger partial charge is 0.237 e. The zero-order chi connectivity index (χ0) is 19.2. The molecule has 3 aromatic rings. The van der Waals surface area contributed by atoms with Crippen LogP contribution in [0.1, 0.15) is 6.92 Å². The third-order valence-electron chi connectivity index (χ3n) is 3.82. The zero-order valence-electron chi connectivity index (χ0n) is 14.8. The summed E-state index contributed by atoms with van der Waals surface area (Å²) in [7, 11) is 0. The normalized spacial score (nSPS) is 11.8. The second-order valence-electron chi connectivity index (χ2n) is 5.83. The molecule has 2 aromatic carbocycles. The summed E-state index contributed by atoms with van der Waals surface area (Å²) < 4.78 is 2.97. The van der Waals surface area contributed by atoms with Gasteiger partial charge in [0, 0.05) is 22.3 Å². The Labute approximate surface area is 171 Å². The van der Waals surface area contributed by atoms with Gasteiger partial charge < -0.3 is 5.32 Å². The lowest BCUT2D eigenvalue weighted by Gasteiger charge is -2.13. The van der Waals surface area contributed by atoms with E-state index in [0.29, 0.717) is 11.7 Å². The van der Waals surface area contributed by atoms with Gasteiger partial charge in [-0.15, -0.1) is 16.8 Å². The average Bonchev–Trinajstić information content (AvgIpc) is 3.06. The standard InChI is InChI=1S/C20H19BrN4OS/c1-3-13-25-18(15-9-11-16(21)12-10-15)23-24-20(25)27-14(2)19(26)22-17-7-5-4-6-8-17/h3-12,14H,1,13H2,2H3,(H,22,26). The maximum Gasteiger partial charge on any atom is 0.237 e. The summed E-state index contributed by atoms with van der Waals surface area (Å²) in [4.78, 5) is 12.5. The number of rotatable bonds is 7. The van der Waals surface area contributed by atoms with Crippen LogP contribution in [0.15, 0.2) is 76.9 Å². The van der Waals surface area contributed by atoms with Crippen LogP contribution >= 0.6 is 27.7 Å². The van der Waals surface area contributed by atoms with Crippen LogP contribution in [0.5, 0.6) is 0 Å². The second kappa shape index (κ2) is 9.01. The molecule has 0 fully saturated rings. The van der Waals surface area contributed by atoms with Gasteiger partial charge in [0.2, 0.25) is 5.91 Å². The third-order valence-corrected chi connectivity index (χ3v) is 5.43. The molecule has 138 valence electrons. The predicted octanol–water partition coefficient (Wildman–Crippen LogP) is 5.01. The number of nitrogens with one attached hydrogen (secondary N) is 1. The van der Waals surface area contributed by atoms with Gasteiger partial charge in [0.1, 0.15) is 0 Å². The van der Waals surface area contributed by atoms with Crippen LogP contribution < -0.4 is 5.32 Å². The molecule has 3 rings (SSSR count). The first kappa shape index (κ1) is 19.4. The van der Waals surface area contributed by atoms with Gasteiger partial charge >= 0.3 is 0 Å². The molecular weight excluding hydrogens is 424 g/mol. The lowest BCUT2D eigenvalue weighted by atomic mass is 10.2. The van der Waals surface area contributed by atoms with E-state index in [1.165, 1.54) is 11.8 Å². The van der Waals surface area contributed by atoms with E-state index in [1.54, 1.807) is 6.08 Å². The monoisotopic (exact) mass is 442 g/mol. The largest absolute Gasteiger partial charge is 0.325 e. The van der Waals surface area contributed by atoms with E-state index < -0.39 is 0 Å². The number of thioether (sulfide) groups is 1. The molecule has 7 heteroatoms. The first-order chi connectivity index (χ1) is 13.1. The number of anilines is 1. The Hall–Kier alpha value is -2.38. The number of hydrogen-bond acceptors (Lipinski definition) is 4. The van der Waals surface area contributed by atoms with Crippen molar-refractivity contribution in [3.05, 3.63) is 71.7 Å². The quantitative estimate of drug-likeness (QED) is 0.412. The van der Waals surface area contributed by atoms with E-state index in [0.717, 1.165) is 21.5 Å². The van der Waals surface area contributed by atoms with E-state index >= 15 is 0 Å². The molecule has 0 saturated carbocycles. The minimum atomic E-state index is -0.323. The molecule has 1 atom stereocenters. The van der Waals surface area contributed by atoms with E-state index in [2.05, 4.69) is 38.0 Å². The molecule has 5 nitrogen and oxygen atoms in total. The number of benzene rings is 2. The van der Waals surface area contributed by atoms with Crippen LogP contribution in [0, 0.1) is 0 Å². The minimum absolute atomic E-state index is 0.0791. The Morgan fingerprint density at radius 3 is 2.59 bits per heavy atom. The number of allylic oxidation sites excluding steroid dienone is 1. The number of para-hydroxylation sites is 1. The molecule has 0 bridgehead atoms. The van der Waals surface area contributed by atoms with E-state index in [-0.39, 0.29) is 11.2 Å². The highest BCUT2D eigenvalue weighted by Crippen LogP contribution is 2.28. The summed E-state index contributed by atoms with van der Waals surface area (Å²) in [5.74, 6) is 0.671. The number of hydrogen-bond donors (Lipinski definition) is 1.